The van der Waals surface area contributed by atoms with E-state index in [0.29, 0.717) is 32.0 Å². The number of nitrogens with one attached hydrogen (secondary N) is 1. The molecule has 120 valence electrons. The average Bonchev–Trinajstić information content (AvgIpc) is 3.10. The topological polar surface area (TPSA) is 69.7 Å². The van der Waals surface area contributed by atoms with Crippen LogP contribution in [0.2, 0.25) is 0 Å². The first-order valence-electron chi connectivity index (χ1n) is 8.06. The van der Waals surface area contributed by atoms with Crippen LogP contribution in [0.15, 0.2) is 0 Å². The van der Waals surface area contributed by atoms with Crippen molar-refractivity contribution in [3.05, 3.63) is 0 Å². The number of piperidine rings is 1. The van der Waals surface area contributed by atoms with E-state index in [0.717, 1.165) is 32.1 Å². The molecule has 0 spiro atoms. The van der Waals surface area contributed by atoms with Gasteiger partial charge in [-0.15, -0.1) is 0 Å². The van der Waals surface area contributed by atoms with Gasteiger partial charge in [0, 0.05) is 25.7 Å². The molecule has 3 rings (SSSR count). The Morgan fingerprint density at radius 1 is 1.10 bits per heavy atom. The third-order valence-corrected chi connectivity index (χ3v) is 6.69. The third kappa shape index (κ3) is 3.24. The van der Waals surface area contributed by atoms with Crippen molar-refractivity contribution in [1.82, 2.24) is 13.9 Å². The van der Waals surface area contributed by atoms with Crippen molar-refractivity contribution >= 4 is 16.1 Å². The molecule has 1 amide bonds. The van der Waals surface area contributed by atoms with Gasteiger partial charge in [-0.2, -0.15) is 17.0 Å². The predicted octanol–water partition coefficient (Wildman–Crippen LogP) is 0.706. The van der Waals surface area contributed by atoms with Crippen LogP contribution in [0.1, 0.15) is 45.4 Å². The molecule has 3 aliphatic rings. The second-order valence-corrected chi connectivity index (χ2v) is 8.55. The first kappa shape index (κ1) is 15.2. The Kier molecular flexibility index (Phi) is 4.25. The van der Waals surface area contributed by atoms with Gasteiger partial charge >= 0.3 is 0 Å². The van der Waals surface area contributed by atoms with Crippen molar-refractivity contribution in [1.29, 1.82) is 0 Å². The lowest BCUT2D eigenvalue weighted by molar-refractivity contribution is -0.124. The second kappa shape index (κ2) is 5.85. The molecule has 21 heavy (non-hydrogen) atoms. The van der Waals surface area contributed by atoms with Gasteiger partial charge in [-0.05, 0) is 44.4 Å². The molecular formula is C14H25N3O3S. The summed E-state index contributed by atoms with van der Waals surface area (Å²) in [5.74, 6) is 0.290. The lowest BCUT2D eigenvalue weighted by Crippen LogP contribution is -2.53. The van der Waals surface area contributed by atoms with Gasteiger partial charge in [0.15, 0.2) is 0 Å². The molecular weight excluding hydrogens is 290 g/mol. The van der Waals surface area contributed by atoms with Gasteiger partial charge in [0.1, 0.15) is 6.04 Å². The highest BCUT2D eigenvalue weighted by atomic mass is 32.2. The van der Waals surface area contributed by atoms with E-state index in [1.54, 1.807) is 4.31 Å². The lowest BCUT2D eigenvalue weighted by atomic mass is 10.0. The van der Waals surface area contributed by atoms with Gasteiger partial charge < -0.3 is 5.32 Å². The summed E-state index contributed by atoms with van der Waals surface area (Å²) in [6, 6.07) is -0.231. The Labute approximate surface area is 127 Å². The van der Waals surface area contributed by atoms with Crippen molar-refractivity contribution in [3.63, 3.8) is 0 Å². The maximum absolute atomic E-state index is 12.8. The summed E-state index contributed by atoms with van der Waals surface area (Å²) in [6.45, 7) is 3.72. The number of amides is 1. The molecule has 7 heteroatoms. The Balaban J connectivity index is 1.71. The highest BCUT2D eigenvalue weighted by Crippen LogP contribution is 2.28. The van der Waals surface area contributed by atoms with Crippen LogP contribution >= 0.6 is 0 Å². The van der Waals surface area contributed by atoms with Crippen LogP contribution in [-0.2, 0) is 15.0 Å². The summed E-state index contributed by atoms with van der Waals surface area (Å²) < 4.78 is 28.6. The molecule has 2 heterocycles. The first-order chi connectivity index (χ1) is 9.98. The summed E-state index contributed by atoms with van der Waals surface area (Å²) in [5, 5.41) is 2.95. The van der Waals surface area contributed by atoms with E-state index in [1.165, 1.54) is 4.31 Å². The van der Waals surface area contributed by atoms with Gasteiger partial charge in [0.05, 0.1) is 0 Å². The van der Waals surface area contributed by atoms with E-state index in [2.05, 4.69) is 12.2 Å². The van der Waals surface area contributed by atoms with Crippen molar-refractivity contribution in [2.75, 3.05) is 19.6 Å². The van der Waals surface area contributed by atoms with Crippen LogP contribution < -0.4 is 5.32 Å². The molecule has 2 atom stereocenters. The van der Waals surface area contributed by atoms with Crippen LogP contribution in [0.5, 0.6) is 0 Å². The Morgan fingerprint density at radius 3 is 2.48 bits per heavy atom. The molecule has 0 radical (unpaired) electrons. The molecule has 0 aromatic heterocycles. The monoisotopic (exact) mass is 315 g/mol. The zero-order valence-corrected chi connectivity index (χ0v) is 13.4. The fourth-order valence-electron chi connectivity index (χ4n) is 3.31. The summed E-state index contributed by atoms with van der Waals surface area (Å²) in [7, 11) is -3.50. The first-order valence-corrected chi connectivity index (χ1v) is 9.45. The minimum absolute atomic E-state index is 0.108. The van der Waals surface area contributed by atoms with Crippen molar-refractivity contribution in [3.8, 4) is 0 Å². The fourth-order valence-corrected chi connectivity index (χ4v) is 5.29. The van der Waals surface area contributed by atoms with Crippen molar-refractivity contribution in [2.24, 2.45) is 5.92 Å². The molecule has 2 unspecified atom stereocenters. The summed E-state index contributed by atoms with van der Waals surface area (Å²) in [5.41, 5.74) is 0. The molecule has 3 fully saturated rings. The van der Waals surface area contributed by atoms with Gasteiger partial charge in [0.25, 0.3) is 10.2 Å². The lowest BCUT2D eigenvalue weighted by Gasteiger charge is -2.34. The number of rotatable bonds is 4. The highest BCUT2D eigenvalue weighted by molar-refractivity contribution is 7.86. The molecule has 0 aromatic carbocycles. The number of hydrogen-bond donors (Lipinski definition) is 1. The predicted molar refractivity (Wildman–Crippen MR) is 79.8 cm³/mol. The Bertz CT molecular complexity index is 504. The maximum Gasteiger partial charge on any atom is 0.282 e. The van der Waals surface area contributed by atoms with Crippen LogP contribution in [0.4, 0.5) is 0 Å². The van der Waals surface area contributed by atoms with Crippen molar-refractivity contribution in [2.45, 2.75) is 57.5 Å². The molecule has 2 aliphatic heterocycles. The smallest absolute Gasteiger partial charge is 0.282 e. The maximum atomic E-state index is 12.8. The number of nitrogens with zero attached hydrogens (tertiary/aromatic N) is 2. The Hall–Kier alpha value is -0.660. The number of carbonyl (C=O) groups is 1. The molecule has 1 aliphatic carbocycles. The average molecular weight is 315 g/mol. The van der Waals surface area contributed by atoms with Crippen LogP contribution in [0, 0.1) is 5.92 Å². The van der Waals surface area contributed by atoms with Gasteiger partial charge in [0.2, 0.25) is 5.91 Å². The van der Waals surface area contributed by atoms with Crippen LogP contribution in [-0.4, -0.2) is 54.7 Å². The molecule has 0 bridgehead atoms. The van der Waals surface area contributed by atoms with E-state index >= 15 is 0 Å². The normalized spacial score (nSPS) is 32.2. The van der Waals surface area contributed by atoms with E-state index < -0.39 is 16.3 Å². The number of carbonyl (C=O) groups excluding carboxylic acids is 1. The van der Waals surface area contributed by atoms with Gasteiger partial charge in [-0.1, -0.05) is 6.92 Å². The third-order valence-electron chi connectivity index (χ3n) is 4.67. The van der Waals surface area contributed by atoms with Gasteiger partial charge in [-0.3, -0.25) is 4.79 Å². The van der Waals surface area contributed by atoms with Gasteiger partial charge in [-0.25, -0.2) is 0 Å². The van der Waals surface area contributed by atoms with Crippen LogP contribution in [0.25, 0.3) is 0 Å². The van der Waals surface area contributed by atoms with Crippen LogP contribution in [0.3, 0.4) is 0 Å². The summed E-state index contributed by atoms with van der Waals surface area (Å²) in [6.07, 6.45) is 5.45. The quantitative estimate of drug-likeness (QED) is 0.830. The Morgan fingerprint density at radius 2 is 1.81 bits per heavy atom. The zero-order valence-electron chi connectivity index (χ0n) is 12.6. The van der Waals surface area contributed by atoms with E-state index in [4.69, 9.17) is 0 Å². The van der Waals surface area contributed by atoms with E-state index in [9.17, 15) is 13.2 Å². The standard InChI is InChI=1S/C14H25N3O3S/c1-11-4-2-8-16(10-11)21(19,20)17-9-3-5-13(17)14(18)15-12-6-7-12/h11-13H,2-10H2,1H3,(H,15,18). The van der Waals surface area contributed by atoms with E-state index in [-0.39, 0.29) is 11.9 Å². The molecule has 1 N–H and O–H groups in total. The highest BCUT2D eigenvalue weighted by Gasteiger charge is 2.43. The zero-order chi connectivity index (χ0) is 15.0. The molecule has 1 saturated carbocycles. The minimum Gasteiger partial charge on any atom is -0.352 e. The minimum atomic E-state index is -3.50. The molecule has 0 aromatic rings. The fraction of sp³-hybridized carbons (Fsp3) is 0.929. The molecule has 2 saturated heterocycles. The summed E-state index contributed by atoms with van der Waals surface area (Å²) in [4.78, 5) is 12.3. The summed E-state index contributed by atoms with van der Waals surface area (Å²) >= 11 is 0. The second-order valence-electron chi connectivity index (χ2n) is 6.66. The largest absolute Gasteiger partial charge is 0.352 e. The number of hydrogen-bond acceptors (Lipinski definition) is 3. The van der Waals surface area contributed by atoms with E-state index in [1.807, 2.05) is 0 Å². The van der Waals surface area contributed by atoms with Crippen molar-refractivity contribution < 1.29 is 13.2 Å². The SMILES string of the molecule is CC1CCCN(S(=O)(=O)N2CCCC2C(=O)NC2CC2)C1. The molecule has 6 nitrogen and oxygen atoms in total.